The second-order valence-electron chi connectivity index (χ2n) is 6.03. The highest BCUT2D eigenvalue weighted by molar-refractivity contribution is 6.30. The molecule has 7 heteroatoms. The van der Waals surface area contributed by atoms with Gasteiger partial charge in [-0.15, -0.1) is 0 Å². The number of halogens is 1. The summed E-state index contributed by atoms with van der Waals surface area (Å²) in [6.07, 6.45) is 1.72. The quantitative estimate of drug-likeness (QED) is 0.644. The van der Waals surface area contributed by atoms with E-state index in [1.54, 1.807) is 6.20 Å². The molecular weight excluding hydrogens is 350 g/mol. The number of guanidine groups is 1. The first-order valence-corrected chi connectivity index (χ1v) is 9.17. The first-order chi connectivity index (χ1) is 12.7. The third-order valence-corrected chi connectivity index (χ3v) is 4.59. The van der Waals surface area contributed by atoms with Gasteiger partial charge in [0.25, 0.3) is 0 Å². The van der Waals surface area contributed by atoms with E-state index in [4.69, 9.17) is 22.1 Å². The second kappa shape index (κ2) is 8.76. The number of aromatic nitrogens is 1. The van der Waals surface area contributed by atoms with Crippen LogP contribution >= 0.6 is 11.6 Å². The van der Waals surface area contributed by atoms with E-state index in [0.717, 1.165) is 36.8 Å². The van der Waals surface area contributed by atoms with E-state index in [-0.39, 0.29) is 0 Å². The molecule has 0 unspecified atom stereocenters. The van der Waals surface area contributed by atoms with Gasteiger partial charge in [-0.3, -0.25) is 0 Å². The maximum atomic E-state index is 6.20. The van der Waals surface area contributed by atoms with Crippen molar-refractivity contribution in [2.24, 2.45) is 10.7 Å². The molecule has 1 fully saturated rings. The van der Waals surface area contributed by atoms with Crippen molar-refractivity contribution in [2.75, 3.05) is 37.7 Å². The Balaban J connectivity index is 1.57. The highest BCUT2D eigenvalue weighted by Crippen LogP contribution is 2.20. The molecule has 6 nitrogen and oxygen atoms in total. The van der Waals surface area contributed by atoms with Crippen LogP contribution in [-0.2, 0) is 6.54 Å². The van der Waals surface area contributed by atoms with Gasteiger partial charge >= 0.3 is 0 Å². The van der Waals surface area contributed by atoms with E-state index in [0.29, 0.717) is 25.0 Å². The van der Waals surface area contributed by atoms with Crippen LogP contribution in [0.25, 0.3) is 0 Å². The monoisotopic (exact) mass is 373 g/mol. The third-order valence-electron chi connectivity index (χ3n) is 4.34. The first-order valence-electron chi connectivity index (χ1n) is 8.79. The van der Waals surface area contributed by atoms with Crippen molar-refractivity contribution < 1.29 is 4.74 Å². The Kier molecular flexibility index (Phi) is 6.17. The molecule has 0 radical (unpaired) electrons. The zero-order valence-corrected chi connectivity index (χ0v) is 15.7. The predicted molar refractivity (Wildman–Crippen MR) is 106 cm³/mol. The van der Waals surface area contributed by atoms with Crippen LogP contribution < -0.4 is 15.4 Å². The molecule has 0 spiro atoms. The molecule has 0 atom stereocenters. The van der Waals surface area contributed by atoms with Crippen LogP contribution in [0.4, 0.5) is 5.69 Å². The van der Waals surface area contributed by atoms with Crippen molar-refractivity contribution in [2.45, 2.75) is 13.5 Å². The number of hydrogen-bond donors (Lipinski definition) is 1. The van der Waals surface area contributed by atoms with Crippen LogP contribution in [0.3, 0.4) is 0 Å². The van der Waals surface area contributed by atoms with Crippen LogP contribution in [0.2, 0.25) is 5.02 Å². The molecule has 26 heavy (non-hydrogen) atoms. The van der Waals surface area contributed by atoms with Crippen molar-refractivity contribution in [1.82, 2.24) is 9.88 Å². The van der Waals surface area contributed by atoms with E-state index < -0.39 is 0 Å². The molecule has 2 heterocycles. The maximum Gasteiger partial charge on any atom is 0.218 e. The zero-order valence-electron chi connectivity index (χ0n) is 14.9. The summed E-state index contributed by atoms with van der Waals surface area (Å²) in [6, 6.07) is 11.8. The molecule has 0 amide bonds. The van der Waals surface area contributed by atoms with Gasteiger partial charge < -0.3 is 20.3 Å². The van der Waals surface area contributed by atoms with Crippen LogP contribution in [-0.4, -0.2) is 48.6 Å². The lowest BCUT2D eigenvalue weighted by Gasteiger charge is -2.36. The number of piperazine rings is 1. The Hall–Kier alpha value is -2.47. The molecule has 1 saturated heterocycles. The smallest absolute Gasteiger partial charge is 0.218 e. The summed E-state index contributed by atoms with van der Waals surface area (Å²) in [7, 11) is 0. The number of hydrogen-bond acceptors (Lipinski definition) is 4. The Labute approximate surface area is 159 Å². The summed E-state index contributed by atoms with van der Waals surface area (Å²) in [5, 5.41) is 0.755. The molecule has 1 aliphatic rings. The van der Waals surface area contributed by atoms with Crippen LogP contribution in [0.15, 0.2) is 47.6 Å². The number of ether oxygens (including phenoxy) is 1. The summed E-state index contributed by atoms with van der Waals surface area (Å²) < 4.78 is 5.54. The van der Waals surface area contributed by atoms with E-state index in [2.05, 4.69) is 19.8 Å². The largest absolute Gasteiger partial charge is 0.478 e. The van der Waals surface area contributed by atoms with E-state index in [1.807, 2.05) is 43.3 Å². The standard InChI is InChI=1S/C19H24ClN5O/c1-2-26-18-15(4-3-9-22-18)14-23-19(21)25-12-10-24(11-13-25)17-7-5-16(20)6-8-17/h3-9H,2,10-14H2,1H3,(H2,21,23). The highest BCUT2D eigenvalue weighted by Gasteiger charge is 2.18. The van der Waals surface area contributed by atoms with E-state index in [1.165, 1.54) is 5.69 Å². The molecule has 0 saturated carbocycles. The zero-order chi connectivity index (χ0) is 18.4. The number of nitrogens with zero attached hydrogens (tertiary/aromatic N) is 4. The van der Waals surface area contributed by atoms with Crippen LogP contribution in [0.5, 0.6) is 5.88 Å². The number of aliphatic imine (C=N–C) groups is 1. The summed E-state index contributed by atoms with van der Waals surface area (Å²) in [4.78, 5) is 13.2. The summed E-state index contributed by atoms with van der Waals surface area (Å²) in [6.45, 7) is 6.45. The van der Waals surface area contributed by atoms with Crippen molar-refractivity contribution in [1.29, 1.82) is 0 Å². The SMILES string of the molecule is CCOc1ncccc1CN=C(N)N1CCN(c2ccc(Cl)cc2)CC1. The molecule has 3 rings (SSSR count). The Bertz CT molecular complexity index is 742. The highest BCUT2D eigenvalue weighted by atomic mass is 35.5. The molecule has 2 aromatic rings. The molecule has 1 aromatic heterocycles. The van der Waals surface area contributed by atoms with Gasteiger partial charge in [-0.25, -0.2) is 9.98 Å². The van der Waals surface area contributed by atoms with Crippen molar-refractivity contribution in [3.8, 4) is 5.88 Å². The lowest BCUT2D eigenvalue weighted by molar-refractivity contribution is 0.323. The number of pyridine rings is 1. The average Bonchev–Trinajstić information content (AvgIpc) is 2.68. The molecule has 2 N–H and O–H groups in total. The van der Waals surface area contributed by atoms with Crippen LogP contribution in [0.1, 0.15) is 12.5 Å². The van der Waals surface area contributed by atoms with Gasteiger partial charge in [0.05, 0.1) is 13.2 Å². The average molecular weight is 374 g/mol. The molecule has 0 aliphatic carbocycles. The molecule has 0 bridgehead atoms. The Morgan fingerprint density at radius 2 is 1.92 bits per heavy atom. The van der Waals surface area contributed by atoms with Crippen molar-refractivity contribution >= 4 is 23.2 Å². The molecular formula is C19H24ClN5O. The van der Waals surface area contributed by atoms with Gasteiger partial charge in [0, 0.05) is 48.6 Å². The Morgan fingerprint density at radius 3 is 2.62 bits per heavy atom. The summed E-state index contributed by atoms with van der Waals surface area (Å²) >= 11 is 5.96. The second-order valence-corrected chi connectivity index (χ2v) is 6.46. The topological polar surface area (TPSA) is 67.0 Å². The van der Waals surface area contributed by atoms with Gasteiger partial charge in [0.15, 0.2) is 5.96 Å². The summed E-state index contributed by atoms with van der Waals surface area (Å²) in [5.74, 6) is 1.19. The number of anilines is 1. The maximum absolute atomic E-state index is 6.20. The third kappa shape index (κ3) is 4.58. The molecule has 1 aliphatic heterocycles. The van der Waals surface area contributed by atoms with Gasteiger partial charge in [-0.05, 0) is 37.3 Å². The molecule has 138 valence electrons. The lowest BCUT2D eigenvalue weighted by atomic mass is 10.2. The fraction of sp³-hybridized carbons (Fsp3) is 0.368. The minimum Gasteiger partial charge on any atom is -0.478 e. The van der Waals surface area contributed by atoms with Gasteiger partial charge in [0.1, 0.15) is 0 Å². The van der Waals surface area contributed by atoms with Crippen molar-refractivity contribution in [3.63, 3.8) is 0 Å². The summed E-state index contributed by atoms with van der Waals surface area (Å²) in [5.41, 5.74) is 8.33. The van der Waals surface area contributed by atoms with Gasteiger partial charge in [0.2, 0.25) is 5.88 Å². The van der Waals surface area contributed by atoms with Gasteiger partial charge in [-0.1, -0.05) is 17.7 Å². The normalized spacial score (nSPS) is 15.2. The van der Waals surface area contributed by atoms with E-state index in [9.17, 15) is 0 Å². The fourth-order valence-corrected chi connectivity index (χ4v) is 3.05. The number of rotatable bonds is 5. The van der Waals surface area contributed by atoms with Crippen LogP contribution in [0, 0.1) is 0 Å². The fourth-order valence-electron chi connectivity index (χ4n) is 2.92. The minimum atomic E-state index is 0.465. The van der Waals surface area contributed by atoms with Crippen molar-refractivity contribution in [3.05, 3.63) is 53.2 Å². The van der Waals surface area contributed by atoms with E-state index >= 15 is 0 Å². The number of benzene rings is 1. The Morgan fingerprint density at radius 1 is 1.19 bits per heavy atom. The number of nitrogens with two attached hydrogens (primary N) is 1. The first kappa shape index (κ1) is 18.3. The lowest BCUT2D eigenvalue weighted by Crippen LogP contribution is -2.51. The minimum absolute atomic E-state index is 0.465. The van der Waals surface area contributed by atoms with Gasteiger partial charge in [-0.2, -0.15) is 0 Å². The predicted octanol–water partition coefficient (Wildman–Crippen LogP) is 2.77. The molecule has 1 aromatic carbocycles.